The zero-order chi connectivity index (χ0) is 19.8. The molecule has 0 atom stereocenters. The zero-order valence-electron chi connectivity index (χ0n) is 15.0. The van der Waals surface area contributed by atoms with Crippen molar-refractivity contribution in [1.29, 1.82) is 0 Å². The summed E-state index contributed by atoms with van der Waals surface area (Å²) in [7, 11) is 0. The summed E-state index contributed by atoms with van der Waals surface area (Å²) < 4.78 is 12.7. The SMILES string of the molecule is O=C(O)C/C(=C\c1ccc(-c2nc3ccccc3s2)o1)c1nc2ccccc2o1. The number of thiazole rings is 1. The first-order valence-electron chi connectivity index (χ1n) is 8.90. The Labute approximate surface area is 168 Å². The van der Waals surface area contributed by atoms with Gasteiger partial charge in [0, 0.05) is 5.57 Å². The molecule has 0 unspecified atom stereocenters. The van der Waals surface area contributed by atoms with Gasteiger partial charge in [0.2, 0.25) is 5.89 Å². The number of aromatic nitrogens is 2. The Kier molecular flexibility index (Phi) is 4.22. The number of para-hydroxylation sites is 3. The number of hydrogen-bond acceptors (Lipinski definition) is 6. The molecule has 5 rings (SSSR count). The molecule has 7 heteroatoms. The Hall–Kier alpha value is -3.71. The molecule has 6 nitrogen and oxygen atoms in total. The van der Waals surface area contributed by atoms with Gasteiger partial charge in [-0.2, -0.15) is 0 Å². The standard InChI is InChI=1S/C22H14N2O4S/c25-20(26)12-13(21-23-15-5-1-3-7-17(15)28-21)11-14-9-10-18(27-14)22-24-16-6-2-4-8-19(16)29-22/h1-11H,12H2,(H,25,26)/b13-11+. The maximum absolute atomic E-state index is 11.4. The molecule has 0 bridgehead atoms. The Bertz CT molecular complexity index is 1310. The van der Waals surface area contributed by atoms with Gasteiger partial charge in [-0.05, 0) is 42.5 Å². The molecule has 0 radical (unpaired) electrons. The summed E-state index contributed by atoms with van der Waals surface area (Å²) >= 11 is 1.54. The van der Waals surface area contributed by atoms with Crippen molar-refractivity contribution in [3.05, 3.63) is 72.3 Å². The number of fused-ring (bicyclic) bond motifs is 2. The first-order chi connectivity index (χ1) is 14.2. The largest absolute Gasteiger partial charge is 0.481 e. The Morgan fingerprint density at radius 3 is 2.55 bits per heavy atom. The van der Waals surface area contributed by atoms with E-state index in [4.69, 9.17) is 8.83 Å². The fourth-order valence-corrected chi connectivity index (χ4v) is 3.98. The van der Waals surface area contributed by atoms with E-state index in [1.807, 2.05) is 48.5 Å². The van der Waals surface area contributed by atoms with Crippen LogP contribution in [0.5, 0.6) is 0 Å². The lowest BCUT2D eigenvalue weighted by Crippen LogP contribution is -1.97. The maximum atomic E-state index is 11.4. The molecule has 5 aromatic rings. The van der Waals surface area contributed by atoms with Crippen molar-refractivity contribution in [3.63, 3.8) is 0 Å². The number of nitrogens with zero attached hydrogens (tertiary/aromatic N) is 2. The van der Waals surface area contributed by atoms with Gasteiger partial charge in [0.05, 0.1) is 16.6 Å². The zero-order valence-corrected chi connectivity index (χ0v) is 15.8. The van der Waals surface area contributed by atoms with Crippen LogP contribution in [-0.2, 0) is 4.79 Å². The third kappa shape index (κ3) is 3.43. The van der Waals surface area contributed by atoms with Crippen LogP contribution >= 0.6 is 11.3 Å². The smallest absolute Gasteiger partial charge is 0.308 e. The molecule has 2 aromatic carbocycles. The van der Waals surface area contributed by atoms with Crippen molar-refractivity contribution in [2.75, 3.05) is 0 Å². The van der Waals surface area contributed by atoms with Crippen LogP contribution in [-0.4, -0.2) is 21.0 Å². The summed E-state index contributed by atoms with van der Waals surface area (Å²) in [4.78, 5) is 20.4. The Morgan fingerprint density at radius 1 is 0.966 bits per heavy atom. The number of furan rings is 1. The highest BCUT2D eigenvalue weighted by atomic mass is 32.1. The van der Waals surface area contributed by atoms with Crippen molar-refractivity contribution in [2.24, 2.45) is 0 Å². The molecular weight excluding hydrogens is 388 g/mol. The highest BCUT2D eigenvalue weighted by Crippen LogP contribution is 2.32. The van der Waals surface area contributed by atoms with E-state index in [1.165, 1.54) is 0 Å². The van der Waals surface area contributed by atoms with Crippen molar-refractivity contribution in [1.82, 2.24) is 9.97 Å². The molecule has 142 valence electrons. The second-order valence-corrected chi connectivity index (χ2v) is 7.45. The first-order valence-corrected chi connectivity index (χ1v) is 9.71. The van der Waals surface area contributed by atoms with Crippen molar-refractivity contribution in [3.8, 4) is 10.8 Å². The number of benzene rings is 2. The summed E-state index contributed by atoms with van der Waals surface area (Å²) in [5.41, 5.74) is 2.62. The number of carboxylic acid groups (broad SMARTS) is 1. The van der Waals surface area contributed by atoms with Gasteiger partial charge in [-0.15, -0.1) is 11.3 Å². The van der Waals surface area contributed by atoms with Crippen molar-refractivity contribution < 1.29 is 18.7 Å². The van der Waals surface area contributed by atoms with Crippen LogP contribution in [0.4, 0.5) is 0 Å². The average molecular weight is 402 g/mol. The topological polar surface area (TPSA) is 89.4 Å². The molecule has 29 heavy (non-hydrogen) atoms. The number of carbonyl (C=O) groups is 1. The highest BCUT2D eigenvalue weighted by molar-refractivity contribution is 7.21. The Morgan fingerprint density at radius 2 is 1.76 bits per heavy atom. The second kappa shape index (κ2) is 7.03. The summed E-state index contributed by atoms with van der Waals surface area (Å²) in [6, 6.07) is 18.8. The number of rotatable bonds is 5. The molecule has 0 spiro atoms. The minimum Gasteiger partial charge on any atom is -0.481 e. The predicted octanol–water partition coefficient (Wildman–Crippen LogP) is 5.71. The van der Waals surface area contributed by atoms with Crippen LogP contribution in [0.2, 0.25) is 0 Å². The lowest BCUT2D eigenvalue weighted by atomic mass is 10.1. The third-order valence-corrected chi connectivity index (χ3v) is 5.41. The van der Waals surface area contributed by atoms with E-state index in [9.17, 15) is 9.90 Å². The van der Waals surface area contributed by atoms with E-state index >= 15 is 0 Å². The molecular formula is C22H14N2O4S. The predicted molar refractivity (Wildman–Crippen MR) is 111 cm³/mol. The van der Waals surface area contributed by atoms with E-state index in [1.54, 1.807) is 29.5 Å². The molecule has 0 saturated heterocycles. The number of oxazole rings is 1. The first kappa shape index (κ1) is 17.4. The molecule has 3 aromatic heterocycles. The van der Waals surface area contributed by atoms with Gasteiger partial charge in [0.25, 0.3) is 0 Å². The van der Waals surface area contributed by atoms with Gasteiger partial charge in [-0.3, -0.25) is 4.79 Å². The maximum Gasteiger partial charge on any atom is 0.308 e. The van der Waals surface area contributed by atoms with Crippen LogP contribution in [0.1, 0.15) is 18.1 Å². The van der Waals surface area contributed by atoms with Gasteiger partial charge < -0.3 is 13.9 Å². The van der Waals surface area contributed by atoms with E-state index < -0.39 is 5.97 Å². The Balaban J connectivity index is 1.53. The fraction of sp³-hybridized carbons (Fsp3) is 0.0455. The third-order valence-electron chi connectivity index (χ3n) is 4.36. The quantitative estimate of drug-likeness (QED) is 0.405. The molecule has 3 heterocycles. The van der Waals surface area contributed by atoms with E-state index in [2.05, 4.69) is 9.97 Å². The normalized spacial score (nSPS) is 12.1. The van der Waals surface area contributed by atoms with Crippen molar-refractivity contribution >= 4 is 50.3 Å². The molecule has 0 aliphatic rings. The molecule has 0 aliphatic heterocycles. The number of aliphatic carboxylic acids is 1. The summed E-state index contributed by atoms with van der Waals surface area (Å²) in [6.07, 6.45) is 1.42. The number of carboxylic acids is 1. The molecule has 0 aliphatic carbocycles. The molecule has 0 saturated carbocycles. The van der Waals surface area contributed by atoms with E-state index in [-0.39, 0.29) is 12.3 Å². The minimum absolute atomic E-state index is 0.232. The average Bonchev–Trinajstić information content (AvgIpc) is 3.44. The number of hydrogen-bond donors (Lipinski definition) is 1. The van der Waals surface area contributed by atoms with Crippen LogP contribution in [0.3, 0.4) is 0 Å². The van der Waals surface area contributed by atoms with Crippen LogP contribution < -0.4 is 0 Å². The summed E-state index contributed by atoms with van der Waals surface area (Å²) in [5, 5.41) is 10.1. The summed E-state index contributed by atoms with van der Waals surface area (Å²) in [6.45, 7) is 0. The van der Waals surface area contributed by atoms with E-state index in [0.29, 0.717) is 28.2 Å². The summed E-state index contributed by atoms with van der Waals surface area (Å²) in [5.74, 6) is 0.436. The van der Waals surface area contributed by atoms with E-state index in [0.717, 1.165) is 15.2 Å². The lowest BCUT2D eigenvalue weighted by Gasteiger charge is -1.99. The highest BCUT2D eigenvalue weighted by Gasteiger charge is 2.16. The molecule has 0 amide bonds. The minimum atomic E-state index is -0.976. The van der Waals surface area contributed by atoms with Crippen molar-refractivity contribution in [2.45, 2.75) is 6.42 Å². The van der Waals surface area contributed by atoms with Crippen LogP contribution in [0.15, 0.2) is 69.5 Å². The molecule has 0 fully saturated rings. The van der Waals surface area contributed by atoms with Gasteiger partial charge in [0.1, 0.15) is 11.3 Å². The molecule has 1 N–H and O–H groups in total. The van der Waals surface area contributed by atoms with Crippen LogP contribution in [0.25, 0.3) is 43.7 Å². The van der Waals surface area contributed by atoms with Gasteiger partial charge in [0.15, 0.2) is 16.4 Å². The fourth-order valence-electron chi connectivity index (χ4n) is 3.06. The van der Waals surface area contributed by atoms with Crippen LogP contribution in [0, 0.1) is 0 Å². The van der Waals surface area contributed by atoms with Gasteiger partial charge >= 0.3 is 5.97 Å². The lowest BCUT2D eigenvalue weighted by molar-refractivity contribution is -0.135. The monoisotopic (exact) mass is 402 g/mol. The van der Waals surface area contributed by atoms with Gasteiger partial charge in [-0.25, -0.2) is 9.97 Å². The second-order valence-electron chi connectivity index (χ2n) is 6.42. The van der Waals surface area contributed by atoms with Gasteiger partial charge in [-0.1, -0.05) is 24.3 Å².